The number of pyridine rings is 1. The lowest BCUT2D eigenvalue weighted by Crippen LogP contribution is -2.33. The Morgan fingerprint density at radius 1 is 1.32 bits per heavy atom. The number of H-pyrrole nitrogens is 1. The third-order valence-electron chi connectivity index (χ3n) is 2.94. The molecule has 0 radical (unpaired) electrons. The summed E-state index contributed by atoms with van der Waals surface area (Å²) in [6, 6.07) is 2.05. The third-order valence-corrected chi connectivity index (χ3v) is 2.94. The molecule has 3 aromatic rings. The van der Waals surface area contributed by atoms with Gasteiger partial charge in [-0.05, 0) is 6.07 Å². The Bertz CT molecular complexity index is 690. The summed E-state index contributed by atoms with van der Waals surface area (Å²) in [5.74, 6) is 0.784. The molecule has 6 nitrogen and oxygen atoms in total. The second-order valence-corrected chi connectivity index (χ2v) is 5.69. The van der Waals surface area contributed by atoms with E-state index < -0.39 is 0 Å². The van der Waals surface area contributed by atoms with Crippen molar-refractivity contribution in [3.05, 3.63) is 36.7 Å². The molecule has 3 aromatic heterocycles. The van der Waals surface area contributed by atoms with Crippen molar-refractivity contribution in [2.45, 2.75) is 6.54 Å². The molecule has 0 aromatic carbocycles. The predicted molar refractivity (Wildman–Crippen MR) is 72.7 cm³/mol. The molecule has 0 aliphatic heterocycles. The van der Waals surface area contributed by atoms with Crippen LogP contribution in [-0.4, -0.2) is 50.4 Å². The summed E-state index contributed by atoms with van der Waals surface area (Å²) in [6.07, 6.45) is 7.06. The van der Waals surface area contributed by atoms with Crippen LogP contribution in [-0.2, 0) is 6.54 Å². The van der Waals surface area contributed by atoms with Gasteiger partial charge in [0.15, 0.2) is 5.82 Å². The number of quaternary nitrogens is 1. The molecule has 0 amide bonds. The summed E-state index contributed by atoms with van der Waals surface area (Å²) in [6.45, 7) is 0.959. The minimum absolute atomic E-state index is 0.784. The normalized spacial score (nSPS) is 12.2. The fraction of sp³-hybridized carbons (Fsp3) is 0.308. The van der Waals surface area contributed by atoms with Crippen LogP contribution >= 0.6 is 0 Å². The summed E-state index contributed by atoms with van der Waals surface area (Å²) in [5.41, 5.74) is 2.33. The lowest BCUT2D eigenvalue weighted by molar-refractivity contribution is -0.883. The summed E-state index contributed by atoms with van der Waals surface area (Å²) in [7, 11) is 6.54. The Kier molecular flexibility index (Phi) is 2.60. The highest BCUT2D eigenvalue weighted by Crippen LogP contribution is 2.21. The Morgan fingerprint density at radius 3 is 2.84 bits per heavy atom. The molecule has 0 spiro atoms. The molecule has 0 aliphatic carbocycles. The minimum Gasteiger partial charge on any atom is -0.359 e. The maximum Gasteiger partial charge on any atom is 0.155 e. The van der Waals surface area contributed by atoms with Gasteiger partial charge < -0.3 is 9.47 Å². The fourth-order valence-corrected chi connectivity index (χ4v) is 2.16. The van der Waals surface area contributed by atoms with Crippen LogP contribution in [0.1, 0.15) is 5.56 Å². The highest BCUT2D eigenvalue weighted by molar-refractivity contribution is 5.83. The molecule has 0 bridgehead atoms. The molecular formula is C13H17N6+. The molecule has 0 unspecified atom stereocenters. The lowest BCUT2D eigenvalue weighted by Gasteiger charge is -2.23. The largest absolute Gasteiger partial charge is 0.359 e. The number of nitrogens with one attached hydrogen (secondary N) is 1. The third kappa shape index (κ3) is 2.34. The van der Waals surface area contributed by atoms with E-state index in [1.54, 1.807) is 11.0 Å². The van der Waals surface area contributed by atoms with E-state index in [2.05, 4.69) is 47.4 Å². The number of hydrogen-bond donors (Lipinski definition) is 1. The number of aromatic nitrogens is 5. The monoisotopic (exact) mass is 257 g/mol. The maximum atomic E-state index is 4.38. The van der Waals surface area contributed by atoms with E-state index in [1.807, 2.05) is 12.3 Å². The van der Waals surface area contributed by atoms with Crippen LogP contribution in [0, 0.1) is 0 Å². The number of rotatable bonds is 3. The molecule has 98 valence electrons. The van der Waals surface area contributed by atoms with Crippen molar-refractivity contribution in [2.75, 3.05) is 21.1 Å². The van der Waals surface area contributed by atoms with Gasteiger partial charge in [-0.2, -0.15) is 5.10 Å². The Hall–Kier alpha value is -2.21. The van der Waals surface area contributed by atoms with E-state index >= 15 is 0 Å². The van der Waals surface area contributed by atoms with Crippen LogP contribution in [0.3, 0.4) is 0 Å². The highest BCUT2D eigenvalue weighted by atomic mass is 15.3. The fourth-order valence-electron chi connectivity index (χ4n) is 2.16. The van der Waals surface area contributed by atoms with Gasteiger partial charge >= 0.3 is 0 Å². The summed E-state index contributed by atoms with van der Waals surface area (Å²) in [5, 5.41) is 5.30. The SMILES string of the molecule is C[N+](C)(C)Cc1c[nH]c2cnc(-n3cncn3)cc12. The summed E-state index contributed by atoms with van der Waals surface area (Å²) < 4.78 is 2.55. The number of nitrogens with zero attached hydrogens (tertiary/aromatic N) is 5. The molecule has 3 heterocycles. The first-order chi connectivity index (χ1) is 9.03. The van der Waals surface area contributed by atoms with Crippen molar-refractivity contribution >= 4 is 10.9 Å². The zero-order chi connectivity index (χ0) is 13.5. The van der Waals surface area contributed by atoms with Crippen LogP contribution in [0.15, 0.2) is 31.1 Å². The van der Waals surface area contributed by atoms with Crippen molar-refractivity contribution in [2.24, 2.45) is 0 Å². The second kappa shape index (κ2) is 4.17. The van der Waals surface area contributed by atoms with Gasteiger partial charge in [0.1, 0.15) is 19.2 Å². The standard InChI is InChI=1S/C13H17N6/c1-19(2,3)7-10-5-15-12-6-16-13(4-11(10)12)18-9-14-8-17-18/h4-6,8-9,15H,7H2,1-3H3/q+1. The molecular weight excluding hydrogens is 240 g/mol. The molecule has 19 heavy (non-hydrogen) atoms. The highest BCUT2D eigenvalue weighted by Gasteiger charge is 2.14. The Labute approximate surface area is 111 Å². The van der Waals surface area contributed by atoms with E-state index in [4.69, 9.17) is 0 Å². The van der Waals surface area contributed by atoms with Gasteiger partial charge in [0, 0.05) is 17.1 Å². The Morgan fingerprint density at radius 2 is 2.16 bits per heavy atom. The van der Waals surface area contributed by atoms with E-state index in [1.165, 1.54) is 17.3 Å². The van der Waals surface area contributed by atoms with Gasteiger partial charge in [0.2, 0.25) is 0 Å². The summed E-state index contributed by atoms with van der Waals surface area (Å²) in [4.78, 5) is 11.6. The van der Waals surface area contributed by atoms with Crippen molar-refractivity contribution in [3.63, 3.8) is 0 Å². The van der Waals surface area contributed by atoms with Gasteiger partial charge in [0.05, 0.1) is 32.9 Å². The number of hydrogen-bond acceptors (Lipinski definition) is 3. The first-order valence-electron chi connectivity index (χ1n) is 6.14. The van der Waals surface area contributed by atoms with Gasteiger partial charge in [-0.3, -0.25) is 0 Å². The van der Waals surface area contributed by atoms with E-state index in [-0.39, 0.29) is 0 Å². The molecule has 6 heteroatoms. The number of aromatic amines is 1. The molecule has 0 saturated heterocycles. The molecule has 3 rings (SSSR count). The van der Waals surface area contributed by atoms with Crippen LogP contribution < -0.4 is 0 Å². The van der Waals surface area contributed by atoms with Crippen molar-refractivity contribution in [1.29, 1.82) is 0 Å². The first kappa shape index (κ1) is 11.9. The zero-order valence-corrected chi connectivity index (χ0v) is 11.3. The molecule has 0 atom stereocenters. The minimum atomic E-state index is 0.784. The average molecular weight is 257 g/mol. The lowest BCUT2D eigenvalue weighted by atomic mass is 10.2. The zero-order valence-electron chi connectivity index (χ0n) is 11.3. The van der Waals surface area contributed by atoms with Crippen LogP contribution in [0.2, 0.25) is 0 Å². The smallest absolute Gasteiger partial charge is 0.155 e. The molecule has 0 fully saturated rings. The molecule has 0 saturated carbocycles. The van der Waals surface area contributed by atoms with Crippen molar-refractivity contribution in [3.8, 4) is 5.82 Å². The van der Waals surface area contributed by atoms with Gasteiger partial charge in [-0.15, -0.1) is 0 Å². The topological polar surface area (TPSA) is 59.4 Å². The van der Waals surface area contributed by atoms with Crippen LogP contribution in [0.25, 0.3) is 16.7 Å². The number of fused-ring (bicyclic) bond motifs is 1. The van der Waals surface area contributed by atoms with Crippen molar-refractivity contribution in [1.82, 2.24) is 24.7 Å². The van der Waals surface area contributed by atoms with Gasteiger partial charge in [-0.25, -0.2) is 14.6 Å². The van der Waals surface area contributed by atoms with E-state index in [9.17, 15) is 0 Å². The predicted octanol–water partition coefficient (Wildman–Crippen LogP) is 1.35. The molecule has 0 aliphatic rings. The van der Waals surface area contributed by atoms with E-state index in [0.717, 1.165) is 22.4 Å². The van der Waals surface area contributed by atoms with Gasteiger partial charge in [0.25, 0.3) is 0 Å². The molecule has 1 N–H and O–H groups in total. The summed E-state index contributed by atoms with van der Waals surface area (Å²) >= 11 is 0. The van der Waals surface area contributed by atoms with Gasteiger partial charge in [-0.1, -0.05) is 0 Å². The maximum absolute atomic E-state index is 4.38. The average Bonchev–Trinajstić information content (AvgIpc) is 2.96. The quantitative estimate of drug-likeness (QED) is 0.720. The first-order valence-corrected chi connectivity index (χ1v) is 6.14. The van der Waals surface area contributed by atoms with Crippen LogP contribution in [0.4, 0.5) is 0 Å². The van der Waals surface area contributed by atoms with Crippen LogP contribution in [0.5, 0.6) is 0 Å². The second-order valence-electron chi connectivity index (χ2n) is 5.69. The van der Waals surface area contributed by atoms with E-state index in [0.29, 0.717) is 0 Å². The Balaban J connectivity index is 2.08. The van der Waals surface area contributed by atoms with Crippen molar-refractivity contribution < 1.29 is 4.48 Å².